The molecule has 3 aromatic rings. The summed E-state index contributed by atoms with van der Waals surface area (Å²) in [5.41, 5.74) is 1.78. The van der Waals surface area contributed by atoms with Gasteiger partial charge in [-0.15, -0.1) is 0 Å². The first-order valence-corrected chi connectivity index (χ1v) is 11.1. The molecule has 0 N–H and O–H groups in total. The van der Waals surface area contributed by atoms with Crippen molar-refractivity contribution in [1.29, 1.82) is 0 Å². The highest BCUT2D eigenvalue weighted by Gasteiger charge is 2.26. The predicted octanol–water partition coefficient (Wildman–Crippen LogP) is 4.29. The van der Waals surface area contributed by atoms with Crippen molar-refractivity contribution in [2.45, 2.75) is 20.8 Å². The monoisotopic (exact) mass is 440 g/mol. The van der Waals surface area contributed by atoms with Gasteiger partial charge in [0, 0.05) is 37.9 Å². The molecule has 0 aliphatic carbocycles. The van der Waals surface area contributed by atoms with E-state index in [1.165, 1.54) is 12.1 Å². The van der Waals surface area contributed by atoms with Crippen molar-refractivity contribution in [3.63, 3.8) is 0 Å². The number of aromatic nitrogens is 2. The molecule has 0 saturated carbocycles. The number of ether oxygens (including phenoxy) is 3. The van der Waals surface area contributed by atoms with E-state index >= 15 is 0 Å². The van der Waals surface area contributed by atoms with Gasteiger partial charge in [0.05, 0.1) is 30.7 Å². The Labute approximate surface area is 187 Å². The molecular formula is C24H29FN4O3. The lowest BCUT2D eigenvalue weighted by Gasteiger charge is -2.37. The summed E-state index contributed by atoms with van der Waals surface area (Å²) in [5, 5.41) is 0.830. The predicted molar refractivity (Wildman–Crippen MR) is 124 cm³/mol. The van der Waals surface area contributed by atoms with Crippen LogP contribution in [0, 0.1) is 5.82 Å². The Morgan fingerprint density at radius 1 is 0.812 bits per heavy atom. The van der Waals surface area contributed by atoms with Gasteiger partial charge in [0.2, 0.25) is 5.75 Å². The van der Waals surface area contributed by atoms with Crippen molar-refractivity contribution in [2.24, 2.45) is 0 Å². The number of rotatable bonds is 8. The number of nitrogens with zero attached hydrogens (tertiary/aromatic N) is 4. The zero-order valence-electron chi connectivity index (χ0n) is 18.8. The fourth-order valence-electron chi connectivity index (χ4n) is 4.03. The normalized spacial score (nSPS) is 14.0. The summed E-state index contributed by atoms with van der Waals surface area (Å²) < 4.78 is 31.1. The van der Waals surface area contributed by atoms with E-state index in [9.17, 15) is 4.39 Å². The SMILES string of the molecule is CCOc1cc2ncnc(N3CCN(c4ccc(F)cc4)CC3)c2c(OCC)c1OCC. The van der Waals surface area contributed by atoms with Gasteiger partial charge in [0.25, 0.3) is 0 Å². The van der Waals surface area contributed by atoms with Crippen LogP contribution in [0.1, 0.15) is 20.8 Å². The first-order chi connectivity index (χ1) is 15.7. The fourth-order valence-corrected chi connectivity index (χ4v) is 4.03. The van der Waals surface area contributed by atoms with Gasteiger partial charge in [0.1, 0.15) is 18.0 Å². The summed E-state index contributed by atoms with van der Waals surface area (Å²) >= 11 is 0. The summed E-state index contributed by atoms with van der Waals surface area (Å²) in [5.74, 6) is 2.42. The van der Waals surface area contributed by atoms with E-state index in [-0.39, 0.29) is 5.82 Å². The molecule has 1 aromatic heterocycles. The van der Waals surface area contributed by atoms with Crippen LogP contribution in [0.2, 0.25) is 0 Å². The van der Waals surface area contributed by atoms with Crippen molar-refractivity contribution in [2.75, 3.05) is 55.8 Å². The second-order valence-corrected chi connectivity index (χ2v) is 7.37. The topological polar surface area (TPSA) is 60.0 Å². The molecule has 0 unspecified atom stereocenters. The van der Waals surface area contributed by atoms with Gasteiger partial charge in [-0.05, 0) is 45.0 Å². The number of fused-ring (bicyclic) bond motifs is 1. The molecule has 0 atom stereocenters. The first kappa shape index (κ1) is 21.9. The molecule has 1 fully saturated rings. The number of benzene rings is 2. The lowest BCUT2D eigenvalue weighted by Crippen LogP contribution is -2.47. The van der Waals surface area contributed by atoms with E-state index < -0.39 is 0 Å². The molecule has 0 radical (unpaired) electrons. The molecular weight excluding hydrogens is 411 g/mol. The van der Waals surface area contributed by atoms with Crippen molar-refractivity contribution in [3.05, 3.63) is 42.5 Å². The Balaban J connectivity index is 1.70. The zero-order chi connectivity index (χ0) is 22.5. The van der Waals surface area contributed by atoms with Gasteiger partial charge in [-0.3, -0.25) is 0 Å². The highest BCUT2D eigenvalue weighted by Crippen LogP contribution is 2.46. The second-order valence-electron chi connectivity index (χ2n) is 7.37. The minimum atomic E-state index is -0.222. The molecule has 1 aliphatic rings. The molecule has 7 nitrogen and oxygen atoms in total. The molecule has 1 aliphatic heterocycles. The van der Waals surface area contributed by atoms with Gasteiger partial charge < -0.3 is 24.0 Å². The van der Waals surface area contributed by atoms with Crippen LogP contribution in [0.4, 0.5) is 15.9 Å². The average molecular weight is 441 g/mol. The smallest absolute Gasteiger partial charge is 0.204 e. The number of anilines is 2. The van der Waals surface area contributed by atoms with Crippen LogP contribution in [0.5, 0.6) is 17.2 Å². The maximum atomic E-state index is 13.3. The van der Waals surface area contributed by atoms with Crippen LogP contribution >= 0.6 is 0 Å². The Kier molecular flexibility index (Phi) is 6.78. The van der Waals surface area contributed by atoms with Crippen LogP contribution in [0.25, 0.3) is 10.9 Å². The first-order valence-electron chi connectivity index (χ1n) is 11.1. The van der Waals surface area contributed by atoms with Crippen molar-refractivity contribution in [1.82, 2.24) is 9.97 Å². The molecule has 32 heavy (non-hydrogen) atoms. The van der Waals surface area contributed by atoms with Crippen molar-refractivity contribution < 1.29 is 18.6 Å². The van der Waals surface area contributed by atoms with Crippen LogP contribution in [-0.4, -0.2) is 56.0 Å². The van der Waals surface area contributed by atoms with Crippen LogP contribution in [0.15, 0.2) is 36.7 Å². The highest BCUT2D eigenvalue weighted by molar-refractivity contribution is 5.98. The fraction of sp³-hybridized carbons (Fsp3) is 0.417. The van der Waals surface area contributed by atoms with E-state index in [2.05, 4.69) is 19.8 Å². The summed E-state index contributed by atoms with van der Waals surface area (Å²) in [6, 6.07) is 8.54. The Hall–Kier alpha value is -3.29. The molecule has 2 heterocycles. The largest absolute Gasteiger partial charge is 0.490 e. The molecule has 4 rings (SSSR count). The molecule has 8 heteroatoms. The van der Waals surface area contributed by atoms with Gasteiger partial charge in [0.15, 0.2) is 11.5 Å². The van der Waals surface area contributed by atoms with Crippen molar-refractivity contribution >= 4 is 22.4 Å². The molecule has 170 valence electrons. The summed E-state index contributed by atoms with van der Waals surface area (Å²) in [7, 11) is 0. The van der Waals surface area contributed by atoms with Crippen LogP contribution in [0.3, 0.4) is 0 Å². The van der Waals surface area contributed by atoms with Crippen LogP contribution in [-0.2, 0) is 0 Å². The zero-order valence-corrected chi connectivity index (χ0v) is 18.8. The maximum Gasteiger partial charge on any atom is 0.204 e. The Morgan fingerprint density at radius 2 is 1.44 bits per heavy atom. The van der Waals surface area contributed by atoms with Gasteiger partial charge in [-0.2, -0.15) is 0 Å². The molecule has 0 amide bonds. The van der Waals surface area contributed by atoms with Gasteiger partial charge in [-0.25, -0.2) is 14.4 Å². The van der Waals surface area contributed by atoms with E-state index in [0.717, 1.165) is 48.6 Å². The average Bonchev–Trinajstić information content (AvgIpc) is 2.81. The molecule has 1 saturated heterocycles. The number of hydrogen-bond donors (Lipinski definition) is 0. The van der Waals surface area contributed by atoms with E-state index in [1.54, 1.807) is 6.33 Å². The third-order valence-electron chi connectivity index (χ3n) is 5.43. The second kappa shape index (κ2) is 9.89. The standard InChI is InChI=1S/C24H29FN4O3/c1-4-30-20-15-19-21(23(32-6-3)22(20)31-5-2)24(27-16-26-19)29-13-11-28(12-14-29)18-9-7-17(25)8-10-18/h7-10,15-16H,4-6,11-14H2,1-3H3. The lowest BCUT2D eigenvalue weighted by atomic mass is 10.1. The minimum absolute atomic E-state index is 0.222. The summed E-state index contributed by atoms with van der Waals surface area (Å²) in [6.45, 7) is 10.5. The van der Waals surface area contributed by atoms with Gasteiger partial charge >= 0.3 is 0 Å². The highest BCUT2D eigenvalue weighted by atomic mass is 19.1. The third kappa shape index (κ3) is 4.35. The Bertz CT molecular complexity index is 1050. The summed E-state index contributed by atoms with van der Waals surface area (Å²) in [6.07, 6.45) is 1.58. The van der Waals surface area contributed by atoms with Crippen molar-refractivity contribution in [3.8, 4) is 17.2 Å². The lowest BCUT2D eigenvalue weighted by molar-refractivity contribution is 0.263. The van der Waals surface area contributed by atoms with E-state index in [0.29, 0.717) is 37.1 Å². The van der Waals surface area contributed by atoms with Gasteiger partial charge in [-0.1, -0.05) is 0 Å². The Morgan fingerprint density at radius 3 is 2.09 bits per heavy atom. The molecule has 2 aromatic carbocycles. The maximum absolute atomic E-state index is 13.3. The minimum Gasteiger partial charge on any atom is -0.490 e. The van der Waals surface area contributed by atoms with E-state index in [4.69, 9.17) is 14.2 Å². The quantitative estimate of drug-likeness (QED) is 0.518. The number of hydrogen-bond acceptors (Lipinski definition) is 7. The molecule has 0 spiro atoms. The number of piperazine rings is 1. The third-order valence-corrected chi connectivity index (χ3v) is 5.43. The van der Waals surface area contributed by atoms with E-state index in [1.807, 2.05) is 39.0 Å². The van der Waals surface area contributed by atoms with Crippen LogP contribution < -0.4 is 24.0 Å². The number of halogens is 1. The molecule has 0 bridgehead atoms. The summed E-state index contributed by atoms with van der Waals surface area (Å²) in [4.78, 5) is 13.6.